The maximum Gasteiger partial charge on any atom is 0.222 e. The summed E-state index contributed by atoms with van der Waals surface area (Å²) in [4.78, 5) is 34.1. The molecule has 0 radical (unpaired) electrons. The highest BCUT2D eigenvalue weighted by Crippen LogP contribution is 2.15. The molecule has 0 saturated heterocycles. The number of nitrogens with one attached hydrogen (secondary N) is 2. The summed E-state index contributed by atoms with van der Waals surface area (Å²) in [7, 11) is 0. The molecule has 0 aliphatic rings. The van der Waals surface area contributed by atoms with E-state index in [2.05, 4.69) is 10.6 Å². The molecule has 0 aliphatic heterocycles. The van der Waals surface area contributed by atoms with E-state index >= 15 is 0 Å². The van der Waals surface area contributed by atoms with Gasteiger partial charge in [-0.3, -0.25) is 14.4 Å². The van der Waals surface area contributed by atoms with Gasteiger partial charge in [-0.2, -0.15) is 0 Å². The first-order valence-corrected chi connectivity index (χ1v) is 8.26. The predicted molar refractivity (Wildman–Crippen MR) is 86.9 cm³/mol. The van der Waals surface area contributed by atoms with Gasteiger partial charge in [0.1, 0.15) is 0 Å². The Labute approximate surface area is 133 Å². The van der Waals surface area contributed by atoms with Crippen LogP contribution in [0.1, 0.15) is 59.3 Å². The number of hydrogen-bond donors (Lipinski definition) is 3. The third-order valence-electron chi connectivity index (χ3n) is 3.78. The molecule has 0 rings (SSSR count). The van der Waals surface area contributed by atoms with Crippen LogP contribution in [0.25, 0.3) is 0 Å². The Balaban J connectivity index is 3.72. The van der Waals surface area contributed by atoms with Crippen molar-refractivity contribution in [2.45, 2.75) is 59.3 Å². The Morgan fingerprint density at radius 1 is 1.00 bits per heavy atom. The summed E-state index contributed by atoms with van der Waals surface area (Å²) in [5, 5.41) is 5.70. The van der Waals surface area contributed by atoms with Gasteiger partial charge < -0.3 is 16.4 Å². The zero-order valence-electron chi connectivity index (χ0n) is 14.1. The molecule has 0 saturated carbocycles. The van der Waals surface area contributed by atoms with Crippen LogP contribution in [0.15, 0.2) is 0 Å². The van der Waals surface area contributed by atoms with Gasteiger partial charge in [0, 0.05) is 31.3 Å². The average Bonchev–Trinajstić information content (AvgIpc) is 2.50. The molecule has 0 aliphatic carbocycles. The minimum atomic E-state index is -0.337. The van der Waals surface area contributed by atoms with E-state index in [-0.39, 0.29) is 29.6 Å². The maximum absolute atomic E-state index is 11.9. The highest BCUT2D eigenvalue weighted by Gasteiger charge is 2.21. The lowest BCUT2D eigenvalue weighted by Gasteiger charge is -2.16. The summed E-state index contributed by atoms with van der Waals surface area (Å²) in [6, 6.07) is 0. The number of hydrogen-bond acceptors (Lipinski definition) is 3. The first kappa shape index (κ1) is 20.4. The van der Waals surface area contributed by atoms with E-state index in [4.69, 9.17) is 5.73 Å². The number of nitrogens with two attached hydrogens (primary N) is 1. The number of amides is 3. The first-order chi connectivity index (χ1) is 10.4. The van der Waals surface area contributed by atoms with E-state index in [1.54, 1.807) is 0 Å². The van der Waals surface area contributed by atoms with Gasteiger partial charge in [0.05, 0.1) is 0 Å². The molecule has 6 heteroatoms. The van der Waals surface area contributed by atoms with Crippen LogP contribution in [0.4, 0.5) is 0 Å². The Morgan fingerprint density at radius 2 is 1.59 bits per heavy atom. The molecule has 3 amide bonds. The van der Waals surface area contributed by atoms with E-state index in [1.807, 2.05) is 20.8 Å². The molecule has 0 bridgehead atoms. The highest BCUT2D eigenvalue weighted by atomic mass is 16.2. The van der Waals surface area contributed by atoms with E-state index in [9.17, 15) is 14.4 Å². The molecule has 22 heavy (non-hydrogen) atoms. The van der Waals surface area contributed by atoms with Crippen molar-refractivity contribution in [3.05, 3.63) is 0 Å². The molecule has 0 heterocycles. The molecule has 128 valence electrons. The molecule has 6 nitrogen and oxygen atoms in total. The van der Waals surface area contributed by atoms with Gasteiger partial charge in [0.25, 0.3) is 0 Å². The highest BCUT2D eigenvalue weighted by molar-refractivity contribution is 5.80. The largest absolute Gasteiger partial charge is 0.369 e. The standard InChI is InChI=1S/C16H31N3O3/c1-4-13(15(17)21)11-12(3)16(22)19-10-8-6-7-9-18-14(20)5-2/h12-13H,4-11H2,1-3H3,(H2,17,21)(H,18,20)(H,19,22). The van der Waals surface area contributed by atoms with E-state index < -0.39 is 0 Å². The van der Waals surface area contributed by atoms with Crippen LogP contribution in [0.2, 0.25) is 0 Å². The van der Waals surface area contributed by atoms with Crippen LogP contribution >= 0.6 is 0 Å². The van der Waals surface area contributed by atoms with Gasteiger partial charge in [-0.15, -0.1) is 0 Å². The minimum absolute atomic E-state index is 0.0287. The summed E-state index contributed by atoms with van der Waals surface area (Å²) in [5.74, 6) is -0.735. The van der Waals surface area contributed by atoms with Crippen molar-refractivity contribution in [3.63, 3.8) is 0 Å². The third-order valence-corrected chi connectivity index (χ3v) is 3.78. The number of primary amides is 1. The average molecular weight is 313 g/mol. The minimum Gasteiger partial charge on any atom is -0.369 e. The van der Waals surface area contributed by atoms with Crippen LogP contribution in [0.3, 0.4) is 0 Å². The molecule has 0 aromatic heterocycles. The summed E-state index contributed by atoms with van der Waals surface area (Å²) in [6.45, 7) is 6.86. The monoisotopic (exact) mass is 313 g/mol. The quantitative estimate of drug-likeness (QED) is 0.474. The second kappa shape index (κ2) is 12.0. The van der Waals surface area contributed by atoms with Crippen molar-refractivity contribution in [3.8, 4) is 0 Å². The molecule has 4 N–H and O–H groups in total. The van der Waals surface area contributed by atoms with Crippen LogP contribution in [0, 0.1) is 11.8 Å². The number of rotatable bonds is 12. The van der Waals surface area contributed by atoms with Gasteiger partial charge in [-0.05, 0) is 32.1 Å². The lowest BCUT2D eigenvalue weighted by atomic mass is 9.92. The van der Waals surface area contributed by atoms with Crippen molar-refractivity contribution >= 4 is 17.7 Å². The van der Waals surface area contributed by atoms with E-state index in [1.165, 1.54) is 0 Å². The Morgan fingerprint density at radius 3 is 2.09 bits per heavy atom. The van der Waals surface area contributed by atoms with Crippen molar-refractivity contribution in [1.82, 2.24) is 10.6 Å². The van der Waals surface area contributed by atoms with Crippen molar-refractivity contribution in [2.75, 3.05) is 13.1 Å². The maximum atomic E-state index is 11.9. The lowest BCUT2D eigenvalue weighted by molar-refractivity contribution is -0.126. The first-order valence-electron chi connectivity index (χ1n) is 8.26. The number of carbonyl (C=O) groups excluding carboxylic acids is 3. The molecule has 0 spiro atoms. The van der Waals surface area contributed by atoms with Crippen LogP contribution in [0.5, 0.6) is 0 Å². The fourth-order valence-electron chi connectivity index (χ4n) is 2.18. The summed E-state index contributed by atoms with van der Waals surface area (Å²) >= 11 is 0. The van der Waals surface area contributed by atoms with Gasteiger partial charge in [0.2, 0.25) is 17.7 Å². The van der Waals surface area contributed by atoms with Crippen LogP contribution < -0.4 is 16.4 Å². The molecular weight excluding hydrogens is 282 g/mol. The van der Waals surface area contributed by atoms with Gasteiger partial charge in [-0.1, -0.05) is 20.8 Å². The molecule has 0 aromatic rings. The smallest absolute Gasteiger partial charge is 0.222 e. The van der Waals surface area contributed by atoms with Gasteiger partial charge in [0.15, 0.2) is 0 Å². The second-order valence-corrected chi connectivity index (χ2v) is 5.70. The molecule has 2 unspecified atom stereocenters. The van der Waals surface area contributed by atoms with Crippen molar-refractivity contribution in [2.24, 2.45) is 17.6 Å². The second-order valence-electron chi connectivity index (χ2n) is 5.70. The Hall–Kier alpha value is -1.59. The SMILES string of the molecule is CCC(=O)NCCCCCNC(=O)C(C)CC(CC)C(N)=O. The summed E-state index contributed by atoms with van der Waals surface area (Å²) < 4.78 is 0. The fraction of sp³-hybridized carbons (Fsp3) is 0.812. The Bertz CT molecular complexity index is 359. The molecule has 0 aromatic carbocycles. The van der Waals surface area contributed by atoms with E-state index in [0.29, 0.717) is 32.4 Å². The number of carbonyl (C=O) groups is 3. The molecule has 2 atom stereocenters. The third kappa shape index (κ3) is 9.37. The van der Waals surface area contributed by atoms with Crippen LogP contribution in [-0.2, 0) is 14.4 Å². The molecular formula is C16H31N3O3. The van der Waals surface area contributed by atoms with Gasteiger partial charge >= 0.3 is 0 Å². The summed E-state index contributed by atoms with van der Waals surface area (Å²) in [6.07, 6.45) is 4.43. The topological polar surface area (TPSA) is 101 Å². The number of unbranched alkanes of at least 4 members (excludes halogenated alkanes) is 2. The Kier molecular flexibility index (Phi) is 11.1. The zero-order valence-corrected chi connectivity index (χ0v) is 14.1. The zero-order chi connectivity index (χ0) is 17.0. The van der Waals surface area contributed by atoms with Crippen molar-refractivity contribution < 1.29 is 14.4 Å². The predicted octanol–water partition coefficient (Wildman–Crippen LogP) is 1.34. The van der Waals surface area contributed by atoms with Crippen molar-refractivity contribution in [1.29, 1.82) is 0 Å². The fourth-order valence-corrected chi connectivity index (χ4v) is 2.18. The van der Waals surface area contributed by atoms with E-state index in [0.717, 1.165) is 19.3 Å². The molecule has 0 fully saturated rings. The van der Waals surface area contributed by atoms with Gasteiger partial charge in [-0.25, -0.2) is 0 Å². The normalized spacial score (nSPS) is 13.2. The van der Waals surface area contributed by atoms with Crippen LogP contribution in [-0.4, -0.2) is 30.8 Å². The summed E-state index contributed by atoms with van der Waals surface area (Å²) in [5.41, 5.74) is 5.29. The lowest BCUT2D eigenvalue weighted by Crippen LogP contribution is -2.33.